The molecule has 0 aliphatic rings. The number of aliphatic hydroxyl groups excluding tert-OH is 1. The second kappa shape index (κ2) is 3.95. The van der Waals surface area contributed by atoms with Crippen LogP contribution in [0.2, 0.25) is 0 Å². The van der Waals surface area contributed by atoms with E-state index < -0.39 is 6.10 Å². The Hall–Kier alpha value is -1.49. The molecule has 72 valence electrons. The summed E-state index contributed by atoms with van der Waals surface area (Å²) in [6.07, 6.45) is -0.416. The van der Waals surface area contributed by atoms with Gasteiger partial charge in [0.1, 0.15) is 11.6 Å². The molecule has 1 atom stereocenters. The molecule has 0 amide bonds. The van der Waals surface area contributed by atoms with E-state index in [2.05, 4.69) is 10.3 Å². The molecule has 1 unspecified atom stereocenters. The van der Waals surface area contributed by atoms with Crippen molar-refractivity contribution in [2.45, 2.75) is 13.0 Å². The van der Waals surface area contributed by atoms with Gasteiger partial charge in [0.25, 0.3) is 0 Å². The maximum Gasteiger partial charge on any atom is 0.149 e. The normalized spacial score (nSPS) is 12.5. The highest BCUT2D eigenvalue weighted by Gasteiger charge is 1.99. The summed E-state index contributed by atoms with van der Waals surface area (Å²) >= 11 is 0. The largest absolute Gasteiger partial charge is 0.396 e. The summed E-state index contributed by atoms with van der Waals surface area (Å²) in [6, 6.07) is 3.39. The molecule has 5 nitrogen and oxygen atoms in total. The van der Waals surface area contributed by atoms with Crippen LogP contribution in [-0.4, -0.2) is 22.7 Å². The van der Waals surface area contributed by atoms with Crippen LogP contribution in [0, 0.1) is 0 Å². The van der Waals surface area contributed by atoms with E-state index in [1.807, 2.05) is 0 Å². The molecule has 0 aliphatic heterocycles. The van der Waals surface area contributed by atoms with Crippen LogP contribution in [0.5, 0.6) is 0 Å². The van der Waals surface area contributed by atoms with Crippen LogP contribution in [0.15, 0.2) is 12.1 Å². The van der Waals surface area contributed by atoms with Gasteiger partial charge in [-0.25, -0.2) is 4.98 Å². The van der Waals surface area contributed by atoms with Gasteiger partial charge in [0.2, 0.25) is 0 Å². The topological polar surface area (TPSA) is 97.2 Å². The van der Waals surface area contributed by atoms with Crippen molar-refractivity contribution in [3.8, 4) is 0 Å². The fourth-order valence-electron chi connectivity index (χ4n) is 0.836. The van der Waals surface area contributed by atoms with Crippen LogP contribution in [0.1, 0.15) is 6.92 Å². The van der Waals surface area contributed by atoms with Gasteiger partial charge in [-0.15, -0.1) is 0 Å². The van der Waals surface area contributed by atoms with Crippen LogP contribution >= 0.6 is 0 Å². The summed E-state index contributed by atoms with van der Waals surface area (Å²) in [5, 5.41) is 11.9. The Morgan fingerprint density at radius 3 is 2.77 bits per heavy atom. The monoisotopic (exact) mass is 182 g/mol. The number of hydrogen-bond donors (Lipinski definition) is 4. The third-order valence-corrected chi connectivity index (χ3v) is 1.54. The maximum atomic E-state index is 8.99. The van der Waals surface area contributed by atoms with E-state index in [0.29, 0.717) is 23.9 Å². The third kappa shape index (κ3) is 2.79. The van der Waals surface area contributed by atoms with Crippen molar-refractivity contribution in [1.82, 2.24) is 4.98 Å². The van der Waals surface area contributed by atoms with E-state index >= 15 is 0 Å². The third-order valence-electron chi connectivity index (χ3n) is 1.54. The Kier molecular flexibility index (Phi) is 2.92. The molecule has 1 aromatic heterocycles. The highest BCUT2D eigenvalue weighted by Crippen LogP contribution is 2.14. The lowest BCUT2D eigenvalue weighted by molar-refractivity contribution is 0.208. The maximum absolute atomic E-state index is 8.99. The van der Waals surface area contributed by atoms with Gasteiger partial charge < -0.3 is 21.9 Å². The number of nitrogen functional groups attached to an aromatic ring is 2. The number of nitrogens with two attached hydrogens (primary N) is 2. The van der Waals surface area contributed by atoms with Crippen molar-refractivity contribution >= 4 is 17.3 Å². The minimum absolute atomic E-state index is 0.301. The standard InChI is InChI=1S/C8H14N4O/c1-5(13)4-11-7-3-2-6(9)8(10)12-7/h2-3,5,13H,4,9H2,1H3,(H3,10,11,12). The van der Waals surface area contributed by atoms with E-state index in [9.17, 15) is 0 Å². The molecule has 0 spiro atoms. The van der Waals surface area contributed by atoms with Gasteiger partial charge in [-0.3, -0.25) is 0 Å². The SMILES string of the molecule is CC(O)CNc1ccc(N)c(N)n1. The predicted octanol–water partition coefficient (Wildman–Crippen LogP) is 0.0387. The van der Waals surface area contributed by atoms with Crippen LogP contribution in [-0.2, 0) is 0 Å². The zero-order valence-corrected chi connectivity index (χ0v) is 7.49. The number of pyridine rings is 1. The molecule has 0 aliphatic carbocycles. The summed E-state index contributed by atoms with van der Waals surface area (Å²) in [4.78, 5) is 3.98. The molecule has 0 aromatic carbocycles. The number of aromatic nitrogens is 1. The second-order valence-electron chi connectivity index (χ2n) is 2.90. The van der Waals surface area contributed by atoms with Crippen molar-refractivity contribution in [2.24, 2.45) is 0 Å². The minimum atomic E-state index is -0.416. The Bertz CT molecular complexity index is 287. The van der Waals surface area contributed by atoms with E-state index in [1.165, 1.54) is 0 Å². The zero-order chi connectivity index (χ0) is 9.84. The fourth-order valence-corrected chi connectivity index (χ4v) is 0.836. The summed E-state index contributed by atoms with van der Waals surface area (Å²) in [5.74, 6) is 0.920. The van der Waals surface area contributed by atoms with E-state index in [1.54, 1.807) is 19.1 Å². The van der Waals surface area contributed by atoms with Crippen LogP contribution in [0.4, 0.5) is 17.3 Å². The molecule has 0 fully saturated rings. The van der Waals surface area contributed by atoms with Gasteiger partial charge in [0, 0.05) is 6.54 Å². The molecule has 5 heteroatoms. The average Bonchev–Trinajstić information content (AvgIpc) is 2.07. The Morgan fingerprint density at radius 2 is 2.23 bits per heavy atom. The molecule has 1 aromatic rings. The van der Waals surface area contributed by atoms with Crippen molar-refractivity contribution < 1.29 is 5.11 Å². The van der Waals surface area contributed by atoms with Gasteiger partial charge in [-0.05, 0) is 19.1 Å². The van der Waals surface area contributed by atoms with Gasteiger partial charge in [0.15, 0.2) is 0 Å². The first kappa shape index (κ1) is 9.60. The zero-order valence-electron chi connectivity index (χ0n) is 7.49. The molecular weight excluding hydrogens is 168 g/mol. The van der Waals surface area contributed by atoms with E-state index in [4.69, 9.17) is 16.6 Å². The highest BCUT2D eigenvalue weighted by molar-refractivity contribution is 5.61. The van der Waals surface area contributed by atoms with Crippen LogP contribution in [0.3, 0.4) is 0 Å². The summed E-state index contributed by atoms with van der Waals surface area (Å²) in [6.45, 7) is 2.13. The second-order valence-corrected chi connectivity index (χ2v) is 2.90. The van der Waals surface area contributed by atoms with Crippen molar-refractivity contribution in [1.29, 1.82) is 0 Å². The number of rotatable bonds is 3. The van der Waals surface area contributed by atoms with E-state index in [-0.39, 0.29) is 0 Å². The van der Waals surface area contributed by atoms with Crippen LogP contribution in [0.25, 0.3) is 0 Å². The first-order valence-corrected chi connectivity index (χ1v) is 4.03. The summed E-state index contributed by atoms with van der Waals surface area (Å²) < 4.78 is 0. The molecular formula is C8H14N4O. The molecule has 1 heterocycles. The number of nitrogens with one attached hydrogen (secondary N) is 1. The molecule has 0 saturated heterocycles. The lowest BCUT2D eigenvalue weighted by Crippen LogP contribution is -2.16. The molecule has 1 rings (SSSR count). The predicted molar refractivity (Wildman–Crippen MR) is 53.2 cm³/mol. The number of nitrogens with zero attached hydrogens (tertiary/aromatic N) is 1. The number of hydrogen-bond acceptors (Lipinski definition) is 5. The number of anilines is 3. The smallest absolute Gasteiger partial charge is 0.149 e. The van der Waals surface area contributed by atoms with Gasteiger partial charge in [-0.2, -0.15) is 0 Å². The molecule has 13 heavy (non-hydrogen) atoms. The summed E-state index contributed by atoms with van der Waals surface area (Å²) in [7, 11) is 0. The first-order valence-electron chi connectivity index (χ1n) is 4.03. The minimum Gasteiger partial charge on any atom is -0.396 e. The van der Waals surface area contributed by atoms with Gasteiger partial charge in [-0.1, -0.05) is 0 Å². The number of aliphatic hydroxyl groups is 1. The highest BCUT2D eigenvalue weighted by atomic mass is 16.3. The van der Waals surface area contributed by atoms with E-state index in [0.717, 1.165) is 0 Å². The fraction of sp³-hybridized carbons (Fsp3) is 0.375. The molecule has 6 N–H and O–H groups in total. The van der Waals surface area contributed by atoms with Crippen molar-refractivity contribution in [3.63, 3.8) is 0 Å². The Labute approximate surface area is 76.8 Å². The molecule has 0 saturated carbocycles. The summed E-state index contributed by atoms with van der Waals surface area (Å²) in [5.41, 5.74) is 11.4. The van der Waals surface area contributed by atoms with Gasteiger partial charge in [0.05, 0.1) is 11.8 Å². The molecule has 0 radical (unpaired) electrons. The van der Waals surface area contributed by atoms with Gasteiger partial charge >= 0.3 is 0 Å². The van der Waals surface area contributed by atoms with Crippen molar-refractivity contribution in [3.05, 3.63) is 12.1 Å². The average molecular weight is 182 g/mol. The van der Waals surface area contributed by atoms with Crippen molar-refractivity contribution in [2.75, 3.05) is 23.3 Å². The quantitative estimate of drug-likeness (QED) is 0.529. The lowest BCUT2D eigenvalue weighted by Gasteiger charge is -2.08. The lowest BCUT2D eigenvalue weighted by atomic mass is 10.3. The van der Waals surface area contributed by atoms with Crippen LogP contribution < -0.4 is 16.8 Å². The Morgan fingerprint density at radius 1 is 1.54 bits per heavy atom. The Balaban J connectivity index is 2.63. The molecule has 0 bridgehead atoms. The first-order chi connectivity index (χ1) is 6.09.